The summed E-state index contributed by atoms with van der Waals surface area (Å²) in [6.45, 7) is 0.700. The Balaban J connectivity index is 1.59. The van der Waals surface area contributed by atoms with E-state index in [1.165, 1.54) is 21.9 Å². The van der Waals surface area contributed by atoms with E-state index in [9.17, 15) is 0 Å². The lowest BCUT2D eigenvalue weighted by molar-refractivity contribution is 0.942. The molecule has 3 heterocycles. The number of rotatable bonds is 3. The van der Waals surface area contributed by atoms with Gasteiger partial charge < -0.3 is 14.5 Å². The summed E-state index contributed by atoms with van der Waals surface area (Å²) >= 11 is 6.40. The summed E-state index contributed by atoms with van der Waals surface area (Å²) in [5, 5.41) is 6.39. The van der Waals surface area contributed by atoms with Gasteiger partial charge in [-0.3, -0.25) is 4.99 Å². The number of fused-ring (bicyclic) bond motifs is 5. The highest BCUT2D eigenvalue weighted by atomic mass is 35.5. The first kappa shape index (κ1) is 18.3. The van der Waals surface area contributed by atoms with Gasteiger partial charge in [0.2, 0.25) is 0 Å². The molecule has 6 rings (SSSR count). The Bertz CT molecular complexity index is 1670. The maximum atomic E-state index is 6.40. The lowest BCUT2D eigenvalue weighted by atomic mass is 10.1. The van der Waals surface area contributed by atoms with Gasteiger partial charge in [0.1, 0.15) is 5.65 Å². The van der Waals surface area contributed by atoms with Gasteiger partial charge in [-0.15, -0.1) is 0 Å². The zero-order valence-electron chi connectivity index (χ0n) is 17.1. The Morgan fingerprint density at radius 3 is 2.55 bits per heavy atom. The highest BCUT2D eigenvalue weighted by Crippen LogP contribution is 2.27. The van der Waals surface area contributed by atoms with E-state index in [4.69, 9.17) is 16.6 Å². The Hall–Kier alpha value is -3.50. The van der Waals surface area contributed by atoms with Crippen molar-refractivity contribution in [3.8, 4) is 0 Å². The standard InChI is InChI=1S/C26H21ClN4/c1-31-23-11-10-17(27)14-20(23)25(24-19-7-3-5-9-22(19)30-26(24)31)28-13-12-16-15-29-21-8-4-2-6-18(16)21/h2-11,14-15,29-30H,12-13H2,1H3. The molecule has 3 aromatic carbocycles. The van der Waals surface area contributed by atoms with E-state index in [-0.39, 0.29) is 0 Å². The predicted octanol–water partition coefficient (Wildman–Crippen LogP) is 6.09. The third-order valence-electron chi connectivity index (χ3n) is 6.16. The third-order valence-corrected chi connectivity index (χ3v) is 6.39. The number of nitrogens with zero attached hydrogens (tertiary/aromatic N) is 2. The van der Waals surface area contributed by atoms with Gasteiger partial charge in [-0.05, 0) is 42.3 Å². The van der Waals surface area contributed by atoms with E-state index in [1.807, 2.05) is 12.1 Å². The van der Waals surface area contributed by atoms with Crippen LogP contribution in [0.5, 0.6) is 0 Å². The molecule has 152 valence electrons. The number of aromatic nitrogens is 3. The molecule has 2 N–H and O–H groups in total. The van der Waals surface area contributed by atoms with Crippen LogP contribution in [-0.2, 0) is 13.5 Å². The maximum Gasteiger partial charge on any atom is 0.120 e. The van der Waals surface area contributed by atoms with Crippen molar-refractivity contribution in [3.05, 3.63) is 88.9 Å². The predicted molar refractivity (Wildman–Crippen MR) is 130 cm³/mol. The topological polar surface area (TPSA) is 48.9 Å². The Morgan fingerprint density at radius 1 is 0.903 bits per heavy atom. The van der Waals surface area contributed by atoms with Crippen LogP contribution in [0.4, 0.5) is 0 Å². The molecule has 3 aromatic heterocycles. The van der Waals surface area contributed by atoms with Gasteiger partial charge in [-0.25, -0.2) is 0 Å². The largest absolute Gasteiger partial charge is 0.361 e. The highest BCUT2D eigenvalue weighted by Gasteiger charge is 2.13. The molecule has 0 saturated heterocycles. The number of hydrogen-bond donors (Lipinski definition) is 2. The van der Waals surface area contributed by atoms with Crippen LogP contribution >= 0.6 is 11.6 Å². The fourth-order valence-electron chi connectivity index (χ4n) is 4.66. The highest BCUT2D eigenvalue weighted by molar-refractivity contribution is 6.31. The zero-order chi connectivity index (χ0) is 20.9. The number of para-hydroxylation sites is 2. The van der Waals surface area contributed by atoms with Crippen molar-refractivity contribution < 1.29 is 0 Å². The number of nitrogens with one attached hydrogen (secondary N) is 2. The van der Waals surface area contributed by atoms with E-state index in [0.29, 0.717) is 6.54 Å². The number of halogens is 1. The molecule has 0 aliphatic rings. The van der Waals surface area contributed by atoms with E-state index in [2.05, 4.69) is 82.4 Å². The quantitative estimate of drug-likeness (QED) is 0.345. The van der Waals surface area contributed by atoms with E-state index >= 15 is 0 Å². The summed E-state index contributed by atoms with van der Waals surface area (Å²) in [6.07, 6.45) is 2.97. The molecule has 0 bridgehead atoms. The molecule has 0 radical (unpaired) electrons. The van der Waals surface area contributed by atoms with Crippen LogP contribution in [0.15, 0.2) is 77.9 Å². The second-order valence-electron chi connectivity index (χ2n) is 7.95. The van der Waals surface area contributed by atoms with Crippen molar-refractivity contribution >= 4 is 55.3 Å². The molecule has 0 atom stereocenters. The van der Waals surface area contributed by atoms with Crippen LogP contribution in [0.1, 0.15) is 5.56 Å². The van der Waals surface area contributed by atoms with Gasteiger partial charge in [-0.2, -0.15) is 0 Å². The van der Waals surface area contributed by atoms with Crippen LogP contribution in [0.2, 0.25) is 5.02 Å². The third kappa shape index (κ3) is 2.87. The van der Waals surface area contributed by atoms with Crippen molar-refractivity contribution in [1.29, 1.82) is 0 Å². The number of hydrogen-bond acceptors (Lipinski definition) is 1. The summed E-state index contributed by atoms with van der Waals surface area (Å²) in [5.41, 5.74) is 5.75. The zero-order valence-corrected chi connectivity index (χ0v) is 17.9. The van der Waals surface area contributed by atoms with Gasteiger partial charge in [-0.1, -0.05) is 48.0 Å². The molecule has 0 saturated carbocycles. The van der Waals surface area contributed by atoms with Crippen LogP contribution in [0.3, 0.4) is 0 Å². The van der Waals surface area contributed by atoms with Gasteiger partial charge in [0, 0.05) is 52.0 Å². The van der Waals surface area contributed by atoms with Gasteiger partial charge in [0.25, 0.3) is 0 Å². The van der Waals surface area contributed by atoms with Crippen molar-refractivity contribution in [1.82, 2.24) is 14.5 Å². The minimum atomic E-state index is 0.700. The van der Waals surface area contributed by atoms with Crippen molar-refractivity contribution in [2.75, 3.05) is 6.54 Å². The fraction of sp³-hybridized carbons (Fsp3) is 0.115. The second kappa shape index (κ2) is 7.03. The Kier molecular flexibility index (Phi) is 4.15. The van der Waals surface area contributed by atoms with E-state index in [1.54, 1.807) is 0 Å². The van der Waals surface area contributed by atoms with Gasteiger partial charge in [0.05, 0.1) is 16.3 Å². The molecule has 5 heteroatoms. The smallest absolute Gasteiger partial charge is 0.120 e. The number of pyridine rings is 1. The molecular weight excluding hydrogens is 404 g/mol. The van der Waals surface area contributed by atoms with Crippen LogP contribution in [0, 0.1) is 0 Å². The molecular formula is C26H21ClN4. The van der Waals surface area contributed by atoms with Gasteiger partial charge in [0.15, 0.2) is 0 Å². The maximum absolute atomic E-state index is 6.40. The van der Waals surface area contributed by atoms with Gasteiger partial charge >= 0.3 is 0 Å². The molecule has 0 fully saturated rings. The monoisotopic (exact) mass is 424 g/mol. The molecule has 0 amide bonds. The Morgan fingerprint density at radius 2 is 1.68 bits per heavy atom. The summed E-state index contributed by atoms with van der Waals surface area (Å²) in [4.78, 5) is 12.1. The lowest BCUT2D eigenvalue weighted by Crippen LogP contribution is -2.11. The van der Waals surface area contributed by atoms with E-state index < -0.39 is 0 Å². The molecule has 0 spiro atoms. The SMILES string of the molecule is Cn1c2ccc(Cl)cc2c(=NCCc2c[nH]c3ccccc23)c2c3ccccc3[nH]c21. The molecule has 6 aromatic rings. The second-order valence-corrected chi connectivity index (χ2v) is 8.39. The fourth-order valence-corrected chi connectivity index (χ4v) is 4.83. The first-order valence-corrected chi connectivity index (χ1v) is 10.8. The van der Waals surface area contributed by atoms with E-state index in [0.717, 1.165) is 44.3 Å². The summed E-state index contributed by atoms with van der Waals surface area (Å²) < 4.78 is 2.19. The number of aromatic amines is 2. The van der Waals surface area contributed by atoms with Crippen molar-refractivity contribution in [2.24, 2.45) is 12.0 Å². The molecule has 4 nitrogen and oxygen atoms in total. The number of benzene rings is 3. The average Bonchev–Trinajstić information content (AvgIpc) is 3.38. The molecule has 31 heavy (non-hydrogen) atoms. The summed E-state index contributed by atoms with van der Waals surface area (Å²) in [6, 6.07) is 22.9. The normalized spacial score (nSPS) is 12.6. The number of H-pyrrole nitrogens is 2. The molecule has 0 aliphatic heterocycles. The van der Waals surface area contributed by atoms with Crippen molar-refractivity contribution in [3.63, 3.8) is 0 Å². The first-order valence-electron chi connectivity index (χ1n) is 10.4. The minimum absolute atomic E-state index is 0.700. The van der Waals surface area contributed by atoms with Crippen LogP contribution in [-0.4, -0.2) is 21.1 Å². The lowest BCUT2D eigenvalue weighted by Gasteiger charge is -2.10. The molecule has 0 unspecified atom stereocenters. The first-order chi connectivity index (χ1) is 15.2. The average molecular weight is 425 g/mol. The number of aryl methyl sites for hydroxylation is 1. The summed E-state index contributed by atoms with van der Waals surface area (Å²) in [5.74, 6) is 0. The Labute approximate surface area is 183 Å². The summed E-state index contributed by atoms with van der Waals surface area (Å²) in [7, 11) is 2.09. The molecule has 0 aliphatic carbocycles. The van der Waals surface area contributed by atoms with Crippen molar-refractivity contribution in [2.45, 2.75) is 6.42 Å². The van der Waals surface area contributed by atoms with Crippen LogP contribution < -0.4 is 5.36 Å². The van der Waals surface area contributed by atoms with Crippen LogP contribution in [0.25, 0.3) is 43.7 Å². The minimum Gasteiger partial charge on any atom is -0.361 e.